The van der Waals surface area contributed by atoms with Crippen LogP contribution in [0, 0.1) is 0 Å². The van der Waals surface area contributed by atoms with Gasteiger partial charge in [0.15, 0.2) is 5.82 Å². The maximum absolute atomic E-state index is 6.22. The highest BCUT2D eigenvalue weighted by atomic mass is 35.5. The molecule has 1 aromatic heterocycles. The van der Waals surface area contributed by atoms with Gasteiger partial charge in [-0.15, -0.1) is 12.4 Å². The van der Waals surface area contributed by atoms with Crippen molar-refractivity contribution in [2.75, 3.05) is 13.2 Å². The lowest BCUT2D eigenvalue weighted by molar-refractivity contribution is 0.0679. The fourth-order valence-electron chi connectivity index (χ4n) is 2.98. The van der Waals surface area contributed by atoms with Crippen molar-refractivity contribution in [3.63, 3.8) is 0 Å². The molecule has 6 nitrogen and oxygen atoms in total. The van der Waals surface area contributed by atoms with Crippen LogP contribution in [0.5, 0.6) is 5.75 Å². The Balaban J connectivity index is 0.00000169. The maximum Gasteiger partial charge on any atom is 0.257 e. The van der Waals surface area contributed by atoms with Gasteiger partial charge in [0.05, 0.1) is 11.6 Å². The summed E-state index contributed by atoms with van der Waals surface area (Å²) in [6.45, 7) is 1.44. The second-order valence-corrected chi connectivity index (χ2v) is 6.40. The number of benzene rings is 1. The zero-order chi connectivity index (χ0) is 15.7. The fourth-order valence-corrected chi connectivity index (χ4v) is 2.98. The first kappa shape index (κ1) is 17.2. The topological polar surface area (TPSA) is 83.4 Å². The molecular weight excluding hydrogens is 330 g/mol. The highest BCUT2D eigenvalue weighted by Crippen LogP contribution is 2.37. The van der Waals surface area contributed by atoms with E-state index < -0.39 is 5.54 Å². The van der Waals surface area contributed by atoms with Crippen molar-refractivity contribution in [2.24, 2.45) is 5.73 Å². The zero-order valence-corrected chi connectivity index (χ0v) is 14.3. The first-order valence-corrected chi connectivity index (χ1v) is 8.21. The molecule has 7 heteroatoms. The minimum absolute atomic E-state index is 0. The normalized spacial score (nSPS) is 21.8. The molecule has 1 atom stereocenters. The molecule has 1 unspecified atom stereocenters. The molecule has 1 saturated carbocycles. The molecule has 0 amide bonds. The molecule has 2 heterocycles. The van der Waals surface area contributed by atoms with Gasteiger partial charge in [-0.1, -0.05) is 5.16 Å². The predicted molar refractivity (Wildman–Crippen MR) is 91.2 cm³/mol. The standard InChI is InChI=1S/C17H21N3O3.ClH/c18-17(8-2-9-17)16-19-15(23-20-16)12-4-6-13(7-5-12)22-11-14-3-1-10-21-14;/h4-7,14H,1-3,8-11,18H2;1H. The average Bonchev–Trinajstić information content (AvgIpc) is 3.23. The molecule has 2 aliphatic rings. The quantitative estimate of drug-likeness (QED) is 0.891. The van der Waals surface area contributed by atoms with Crippen molar-refractivity contribution in [3.05, 3.63) is 30.1 Å². The number of hydrogen-bond donors (Lipinski definition) is 1. The van der Waals surface area contributed by atoms with Crippen LogP contribution in [0.1, 0.15) is 37.9 Å². The van der Waals surface area contributed by atoms with Gasteiger partial charge < -0.3 is 19.7 Å². The summed E-state index contributed by atoms with van der Waals surface area (Å²) >= 11 is 0. The van der Waals surface area contributed by atoms with Gasteiger partial charge in [0, 0.05) is 12.2 Å². The average molecular weight is 352 g/mol. The van der Waals surface area contributed by atoms with E-state index in [0.717, 1.165) is 50.0 Å². The Labute approximate surface area is 147 Å². The van der Waals surface area contributed by atoms with Gasteiger partial charge in [-0.05, 0) is 56.4 Å². The monoisotopic (exact) mass is 351 g/mol. The summed E-state index contributed by atoms with van der Waals surface area (Å²) in [4.78, 5) is 4.45. The van der Waals surface area contributed by atoms with Crippen LogP contribution in [0.4, 0.5) is 0 Å². The lowest BCUT2D eigenvalue weighted by atomic mass is 9.77. The van der Waals surface area contributed by atoms with Crippen molar-refractivity contribution in [1.82, 2.24) is 10.1 Å². The molecule has 1 aromatic carbocycles. The van der Waals surface area contributed by atoms with E-state index in [-0.39, 0.29) is 18.5 Å². The van der Waals surface area contributed by atoms with Crippen molar-refractivity contribution < 1.29 is 14.0 Å². The Bertz CT molecular complexity index is 664. The molecule has 130 valence electrons. The van der Waals surface area contributed by atoms with E-state index in [1.807, 2.05) is 24.3 Å². The van der Waals surface area contributed by atoms with E-state index in [2.05, 4.69) is 10.1 Å². The molecule has 1 aliphatic heterocycles. The molecular formula is C17H22ClN3O3. The van der Waals surface area contributed by atoms with E-state index in [1.165, 1.54) is 0 Å². The molecule has 1 saturated heterocycles. The number of hydrogen-bond acceptors (Lipinski definition) is 6. The molecule has 0 spiro atoms. The van der Waals surface area contributed by atoms with E-state index in [0.29, 0.717) is 18.3 Å². The van der Waals surface area contributed by atoms with Crippen LogP contribution < -0.4 is 10.5 Å². The first-order chi connectivity index (χ1) is 11.2. The summed E-state index contributed by atoms with van der Waals surface area (Å²) in [6.07, 6.45) is 5.37. The van der Waals surface area contributed by atoms with Gasteiger partial charge in [-0.25, -0.2) is 0 Å². The minimum atomic E-state index is -0.397. The molecule has 2 fully saturated rings. The van der Waals surface area contributed by atoms with Crippen molar-refractivity contribution in [3.8, 4) is 17.2 Å². The smallest absolute Gasteiger partial charge is 0.257 e. The summed E-state index contributed by atoms with van der Waals surface area (Å²) < 4.78 is 16.7. The van der Waals surface area contributed by atoms with E-state index in [4.69, 9.17) is 19.7 Å². The molecule has 24 heavy (non-hydrogen) atoms. The van der Waals surface area contributed by atoms with E-state index in [9.17, 15) is 0 Å². The van der Waals surface area contributed by atoms with Crippen molar-refractivity contribution >= 4 is 12.4 Å². The Morgan fingerprint density at radius 2 is 2.00 bits per heavy atom. The number of halogens is 1. The van der Waals surface area contributed by atoms with Crippen molar-refractivity contribution in [2.45, 2.75) is 43.7 Å². The third-order valence-corrected chi connectivity index (χ3v) is 4.68. The molecule has 1 aliphatic carbocycles. The number of rotatable bonds is 5. The number of nitrogens with zero attached hydrogens (tertiary/aromatic N) is 2. The minimum Gasteiger partial charge on any atom is -0.491 e. The van der Waals surface area contributed by atoms with Gasteiger partial charge in [-0.3, -0.25) is 0 Å². The van der Waals surface area contributed by atoms with Gasteiger partial charge in [0.1, 0.15) is 12.4 Å². The van der Waals surface area contributed by atoms with Crippen LogP contribution in [-0.2, 0) is 10.3 Å². The van der Waals surface area contributed by atoms with Crippen LogP contribution in [0.15, 0.2) is 28.8 Å². The fraction of sp³-hybridized carbons (Fsp3) is 0.529. The summed E-state index contributed by atoms with van der Waals surface area (Å²) in [6, 6.07) is 7.67. The van der Waals surface area contributed by atoms with Crippen LogP contribution in [0.25, 0.3) is 11.5 Å². The van der Waals surface area contributed by atoms with Crippen molar-refractivity contribution in [1.29, 1.82) is 0 Å². The zero-order valence-electron chi connectivity index (χ0n) is 13.4. The Morgan fingerprint density at radius 1 is 1.21 bits per heavy atom. The van der Waals surface area contributed by atoms with Gasteiger partial charge in [0.25, 0.3) is 5.89 Å². The number of nitrogens with two attached hydrogens (primary N) is 1. The Morgan fingerprint density at radius 3 is 2.62 bits per heavy atom. The SMILES string of the molecule is Cl.NC1(c2noc(-c3ccc(OCC4CCCO4)cc3)n2)CCC1. The largest absolute Gasteiger partial charge is 0.491 e. The Hall–Kier alpha value is -1.63. The van der Waals surface area contributed by atoms with Crippen LogP contribution in [0.2, 0.25) is 0 Å². The third-order valence-electron chi connectivity index (χ3n) is 4.68. The van der Waals surface area contributed by atoms with Crippen LogP contribution in [0.3, 0.4) is 0 Å². The van der Waals surface area contributed by atoms with E-state index in [1.54, 1.807) is 0 Å². The second-order valence-electron chi connectivity index (χ2n) is 6.40. The van der Waals surface area contributed by atoms with Crippen LogP contribution in [-0.4, -0.2) is 29.5 Å². The Kier molecular flexibility index (Phi) is 5.08. The summed E-state index contributed by atoms with van der Waals surface area (Å²) in [7, 11) is 0. The predicted octanol–water partition coefficient (Wildman–Crippen LogP) is 3.05. The molecule has 0 radical (unpaired) electrons. The highest BCUT2D eigenvalue weighted by molar-refractivity contribution is 5.85. The summed E-state index contributed by atoms with van der Waals surface area (Å²) in [5.41, 5.74) is 6.70. The van der Waals surface area contributed by atoms with Crippen LogP contribution >= 0.6 is 12.4 Å². The summed E-state index contributed by atoms with van der Waals surface area (Å²) in [5, 5.41) is 4.04. The third kappa shape index (κ3) is 3.41. The van der Waals surface area contributed by atoms with E-state index >= 15 is 0 Å². The molecule has 0 bridgehead atoms. The lowest BCUT2D eigenvalue weighted by Crippen LogP contribution is -2.44. The van der Waals surface area contributed by atoms with Gasteiger partial charge in [0.2, 0.25) is 0 Å². The van der Waals surface area contributed by atoms with Gasteiger partial charge >= 0.3 is 0 Å². The molecule has 4 rings (SSSR count). The second kappa shape index (κ2) is 7.09. The van der Waals surface area contributed by atoms with Gasteiger partial charge in [-0.2, -0.15) is 4.98 Å². The maximum atomic E-state index is 6.22. The molecule has 2 aromatic rings. The molecule has 2 N–H and O–H groups in total. The first-order valence-electron chi connectivity index (χ1n) is 8.21. The number of aromatic nitrogens is 2. The summed E-state index contributed by atoms with van der Waals surface area (Å²) in [5.74, 6) is 1.93. The number of ether oxygens (including phenoxy) is 2. The lowest BCUT2D eigenvalue weighted by Gasteiger charge is -2.34. The highest BCUT2D eigenvalue weighted by Gasteiger charge is 2.39.